The molecule has 5 aromatic rings. The predicted octanol–water partition coefficient (Wildman–Crippen LogP) is -0.712. The highest BCUT2D eigenvalue weighted by molar-refractivity contribution is 7.99. The van der Waals surface area contributed by atoms with Crippen LogP contribution in [0.15, 0.2) is 97.2 Å². The fourth-order valence-corrected chi connectivity index (χ4v) is 16.7. The molecule has 13 atom stereocenters. The van der Waals surface area contributed by atoms with Gasteiger partial charge in [0.05, 0.1) is 54.4 Å². The molecule has 704 valence electrons. The molecule has 2 aliphatic heterocycles. The van der Waals surface area contributed by atoms with Crippen molar-refractivity contribution >= 4 is 151 Å². The Balaban J connectivity index is 1.34. The Morgan fingerprint density at radius 1 is 0.615 bits per heavy atom. The average molecular weight is 1830 g/mol. The number of rotatable bonds is 47. The minimum absolute atomic E-state index is 0.0170. The van der Waals surface area contributed by atoms with E-state index < -0.39 is 284 Å². The summed E-state index contributed by atoms with van der Waals surface area (Å²) in [5.41, 5.74) is 38.9. The molecule has 41 heteroatoms. The molecule has 0 radical (unpaired) electrons. The van der Waals surface area contributed by atoms with Gasteiger partial charge < -0.3 is 107 Å². The Bertz CT molecular complexity index is 4940. The lowest BCUT2D eigenvalue weighted by molar-refractivity contribution is -0.142. The number of aliphatic hydroxyl groups is 1. The molecule has 7 rings (SSSR count). The summed E-state index contributed by atoms with van der Waals surface area (Å²) in [7, 11) is 0. The van der Waals surface area contributed by atoms with Gasteiger partial charge in [0.15, 0.2) is 28.9 Å². The summed E-state index contributed by atoms with van der Waals surface area (Å²) >= 11 is 0.955. The Labute approximate surface area is 753 Å². The van der Waals surface area contributed by atoms with Crippen LogP contribution in [0.1, 0.15) is 159 Å². The van der Waals surface area contributed by atoms with E-state index in [1.165, 1.54) is 0 Å². The monoisotopic (exact) mass is 1830 g/mol. The standard InChI is InChI=1S/C89H119N17O23S/c1-48(107)80-88(127)104-68(38-58-46-98-62-12-6-5-11-61(58)62)87(126)100-63(23-25-76(94)115)70(110)42-59(47-130-34-27-64(69(109)39-54(83(122)105-80)19-24-75(93)114)101-86(125)65(99-49(2)108)13-7-8-14-74(91)92)84(123)102-66(37-50-16-21-60(22-17-50)129-33-30-90)72(112)41-57(36-51-15-18-52-9-3-4-10-53(52)35-51)85(124)106-89(28-31-128-32-29-89)73(113)43-55(20-26-79(118)119)82(121)103-67(45-78(96)117)71(111)40-56(81(97)120)44-77(95)116/h3-6,9-12,15-18,21-22,35,46,48,54-57,59,63-68,80,98,107H,7-8,13-14,19-20,23-34,36-45,47,90H2,1-2H3,(H3,91,92)(H2,93,114)(H2,94,115)(H2,95,116)(H2,96,117)(H2,97,120)(H,99,108)(H,100,126)(H,101,125)(H,102,123)(H,103,121)(H,104,127)(H,105,122)(H,106,124)(H,118,119). The van der Waals surface area contributed by atoms with Crippen LogP contribution in [0.4, 0.5) is 0 Å². The molecule has 1 aromatic heterocycles. The lowest BCUT2D eigenvalue weighted by atomic mass is 9.79. The zero-order valence-corrected chi connectivity index (χ0v) is 73.5. The second-order valence-electron chi connectivity index (χ2n) is 33.0. The van der Waals surface area contributed by atoms with E-state index in [1.807, 2.05) is 6.07 Å². The molecular weight excluding hydrogens is 1710 g/mol. The van der Waals surface area contributed by atoms with Crippen LogP contribution in [0.25, 0.3) is 21.7 Å². The molecule has 0 saturated carbocycles. The molecule has 3 heterocycles. The topological polar surface area (TPSA) is 701 Å². The number of hydrogen-bond donors (Lipinski definition) is 19. The lowest BCUT2D eigenvalue weighted by Crippen LogP contribution is -2.59. The number of carboxylic acid groups (broad SMARTS) is 1. The zero-order chi connectivity index (χ0) is 95.5. The smallest absolute Gasteiger partial charge is 0.303 e. The quantitative estimate of drug-likeness (QED) is 0.0130. The molecule has 40 nitrogen and oxygen atoms in total. The Kier molecular flexibility index (Phi) is 41.1. The molecule has 2 aliphatic rings. The Hall–Kier alpha value is -12.9. The first-order valence-corrected chi connectivity index (χ1v) is 44.2. The third-order valence-corrected chi connectivity index (χ3v) is 23.9. The average Bonchev–Trinajstić information content (AvgIpc) is 1.54. The number of amidine groups is 1. The van der Waals surface area contributed by atoms with Crippen LogP contribution in [-0.4, -0.2) is 225 Å². The second-order valence-corrected chi connectivity index (χ2v) is 34.2. The van der Waals surface area contributed by atoms with Crippen molar-refractivity contribution in [2.45, 2.75) is 215 Å². The molecule has 0 bridgehead atoms. The predicted molar refractivity (Wildman–Crippen MR) is 475 cm³/mol. The molecule has 2 saturated heterocycles. The normalized spacial score (nSPS) is 19.4. The number of thioether (sulfide) groups is 1. The third kappa shape index (κ3) is 33.6. The van der Waals surface area contributed by atoms with Crippen LogP contribution in [0.5, 0.6) is 5.75 Å². The van der Waals surface area contributed by atoms with Gasteiger partial charge >= 0.3 is 5.97 Å². The SMILES string of the molecule is CC(=O)NC(CCCCC(=N)N)C(=O)NC1CCSCC(C(=O)NC(Cc2ccc(OCCN)cc2)C(=O)CC(Cc2ccc3ccccc3c2)C(=O)NC2(C(=O)CC(CCC(=O)O)C(=O)NC(CC(N)=O)C(=O)CC(CC(N)=O)C(N)=O)CCOCC2)CC(=O)C(CCC(N)=O)NC(=O)C(Cc2c[nH]c3ccccc23)NC(=O)C(C(C)O)NC(=O)C(CCC(N)=O)CC1=O. The number of nitrogens with one attached hydrogen (secondary N) is 10. The van der Waals surface area contributed by atoms with E-state index in [2.05, 4.69) is 47.5 Å². The Morgan fingerprint density at radius 3 is 1.91 bits per heavy atom. The number of aromatic nitrogens is 1. The number of amides is 13. The lowest BCUT2D eigenvalue weighted by Gasteiger charge is -2.38. The molecule has 13 amide bonds. The minimum Gasteiger partial charge on any atom is -0.492 e. The van der Waals surface area contributed by atoms with Gasteiger partial charge in [-0.25, -0.2) is 0 Å². The number of carbonyl (C=O) groups is 19. The number of aliphatic hydroxyl groups excluding tert-OH is 1. The van der Waals surface area contributed by atoms with Crippen molar-refractivity contribution in [3.8, 4) is 5.75 Å². The van der Waals surface area contributed by atoms with Gasteiger partial charge in [-0.05, 0) is 110 Å². The van der Waals surface area contributed by atoms with Gasteiger partial charge in [0.1, 0.15) is 36.0 Å². The van der Waals surface area contributed by atoms with Gasteiger partial charge in [0, 0.05) is 151 Å². The summed E-state index contributed by atoms with van der Waals surface area (Å²) in [5.74, 6) is -26.8. The van der Waals surface area contributed by atoms with Crippen LogP contribution in [0, 0.1) is 35.0 Å². The van der Waals surface area contributed by atoms with E-state index in [0.717, 1.165) is 31.0 Å². The maximum absolute atomic E-state index is 16.0. The van der Waals surface area contributed by atoms with Gasteiger partial charge in [-0.15, -0.1) is 0 Å². The number of benzene rings is 4. The molecular formula is C89H119N17O23S. The maximum atomic E-state index is 16.0. The van der Waals surface area contributed by atoms with E-state index in [-0.39, 0.29) is 95.7 Å². The number of H-pyrrole nitrogens is 1. The van der Waals surface area contributed by atoms with Gasteiger partial charge in [0.25, 0.3) is 0 Å². The zero-order valence-electron chi connectivity index (χ0n) is 72.7. The molecule has 26 N–H and O–H groups in total. The van der Waals surface area contributed by atoms with Crippen LogP contribution in [0.2, 0.25) is 0 Å². The van der Waals surface area contributed by atoms with Crippen molar-refractivity contribution in [2.24, 2.45) is 69.7 Å². The van der Waals surface area contributed by atoms with E-state index >= 15 is 33.6 Å². The number of unbranched alkanes of at least 4 members (excludes halogenated alkanes) is 1. The summed E-state index contributed by atoms with van der Waals surface area (Å²) < 4.78 is 11.5. The largest absolute Gasteiger partial charge is 0.492 e. The summed E-state index contributed by atoms with van der Waals surface area (Å²) in [4.78, 5) is 271. The van der Waals surface area contributed by atoms with Gasteiger partial charge in [-0.3, -0.25) is 96.5 Å². The van der Waals surface area contributed by atoms with Gasteiger partial charge in [0.2, 0.25) is 76.8 Å². The number of fused-ring (bicyclic) bond motifs is 2. The number of carbonyl (C=O) groups excluding carboxylic acids is 18. The first-order chi connectivity index (χ1) is 61.7. The van der Waals surface area contributed by atoms with E-state index in [0.29, 0.717) is 45.1 Å². The molecule has 0 aliphatic carbocycles. The summed E-state index contributed by atoms with van der Waals surface area (Å²) in [6.07, 6.45) is -10.1. The molecule has 130 heavy (non-hydrogen) atoms. The summed E-state index contributed by atoms with van der Waals surface area (Å²) in [6.45, 7) is 2.19. The number of ketones is 5. The van der Waals surface area contributed by atoms with Crippen LogP contribution in [-0.2, 0) is 115 Å². The van der Waals surface area contributed by atoms with Crippen molar-refractivity contribution in [3.05, 3.63) is 114 Å². The number of primary amides is 5. The highest BCUT2D eigenvalue weighted by Gasteiger charge is 2.46. The maximum Gasteiger partial charge on any atom is 0.303 e. The molecule has 2 fully saturated rings. The van der Waals surface area contributed by atoms with Crippen molar-refractivity contribution in [2.75, 3.05) is 37.9 Å². The molecule has 4 aromatic carbocycles. The van der Waals surface area contributed by atoms with Crippen molar-refractivity contribution < 1.29 is 111 Å². The van der Waals surface area contributed by atoms with Crippen LogP contribution in [0.3, 0.4) is 0 Å². The fraction of sp³-hybridized carbons (Fsp3) is 0.506. The van der Waals surface area contributed by atoms with E-state index in [9.17, 15) is 67.7 Å². The second kappa shape index (κ2) is 51.3. The molecule has 13 unspecified atom stereocenters. The van der Waals surface area contributed by atoms with Crippen molar-refractivity contribution in [1.82, 2.24) is 47.5 Å². The Morgan fingerprint density at radius 2 is 1.26 bits per heavy atom. The fourth-order valence-electron chi connectivity index (χ4n) is 15.5. The highest BCUT2D eigenvalue weighted by atomic mass is 32.2. The minimum atomic E-state index is -1.94. The van der Waals surface area contributed by atoms with Crippen molar-refractivity contribution in [1.29, 1.82) is 5.41 Å². The third-order valence-electron chi connectivity index (χ3n) is 22.7. The number of hydrogen-bond acceptors (Lipinski definition) is 25. The number of nitrogens with two attached hydrogens (primary N) is 7. The molecule has 0 spiro atoms. The summed E-state index contributed by atoms with van der Waals surface area (Å²) in [6, 6.07) is 14.0. The number of aromatic amines is 1. The number of ether oxygens (including phenoxy) is 2. The summed E-state index contributed by atoms with van der Waals surface area (Å²) in [5, 5.41) is 52.2. The van der Waals surface area contributed by atoms with Gasteiger partial charge in [-0.2, -0.15) is 11.8 Å². The van der Waals surface area contributed by atoms with Crippen LogP contribution < -0.4 is 87.4 Å². The highest BCUT2D eigenvalue weighted by Crippen LogP contribution is 2.32. The van der Waals surface area contributed by atoms with Gasteiger partial charge in [-0.1, -0.05) is 79.2 Å². The number of carboxylic acids is 1. The number of Topliss-reactive ketones (excluding diaryl/α,β-unsaturated/α-hetero) is 5. The van der Waals surface area contributed by atoms with Crippen molar-refractivity contribution in [3.63, 3.8) is 0 Å². The van der Waals surface area contributed by atoms with E-state index in [4.69, 9.17) is 55.0 Å². The first-order valence-electron chi connectivity index (χ1n) is 43.0. The van der Waals surface area contributed by atoms with Crippen LogP contribution >= 0.6 is 11.8 Å². The van der Waals surface area contributed by atoms with E-state index in [1.54, 1.807) is 91.1 Å². The number of para-hydroxylation sites is 1. The number of aliphatic carboxylic acids is 1. The first kappa shape index (κ1) is 104.